The Labute approximate surface area is 204 Å². The Bertz CT molecular complexity index is 1050. The molecule has 2 aromatic rings. The summed E-state index contributed by atoms with van der Waals surface area (Å²) >= 11 is 0. The first-order valence-electron chi connectivity index (χ1n) is 11.8. The Morgan fingerprint density at radius 2 is 1.63 bits per heavy atom. The van der Waals surface area contributed by atoms with Gasteiger partial charge in [0.25, 0.3) is 0 Å². The van der Waals surface area contributed by atoms with Crippen LogP contribution in [0.5, 0.6) is 0 Å². The molecule has 0 aromatic heterocycles. The minimum Gasteiger partial charge on any atom is -0.479 e. The van der Waals surface area contributed by atoms with Crippen LogP contribution in [-0.4, -0.2) is 78.0 Å². The molecule has 1 fully saturated rings. The SMILES string of the molecule is CN1CCC(CC(=O)NCC(O)C(=O)O)(NC(=O)OCC2c3ccccc3-c3ccccc32)CC1. The number of aliphatic hydroxyl groups is 1. The van der Waals surface area contributed by atoms with Crippen LogP contribution in [0.3, 0.4) is 0 Å². The fourth-order valence-electron chi connectivity index (χ4n) is 4.91. The third-order valence-corrected chi connectivity index (χ3v) is 6.93. The molecule has 1 unspecified atom stereocenters. The monoisotopic (exact) mass is 481 g/mol. The van der Waals surface area contributed by atoms with E-state index >= 15 is 0 Å². The quantitative estimate of drug-likeness (QED) is 0.454. The summed E-state index contributed by atoms with van der Waals surface area (Å²) in [7, 11) is 1.97. The lowest BCUT2D eigenvalue weighted by Crippen LogP contribution is -2.57. The summed E-state index contributed by atoms with van der Waals surface area (Å²) in [5.41, 5.74) is 3.71. The normalized spacial score (nSPS) is 17.7. The number of nitrogens with zero attached hydrogens (tertiary/aromatic N) is 1. The number of piperidine rings is 1. The maximum absolute atomic E-state index is 12.9. The molecule has 0 saturated carbocycles. The van der Waals surface area contributed by atoms with Crippen molar-refractivity contribution in [2.24, 2.45) is 0 Å². The Balaban J connectivity index is 1.41. The Morgan fingerprint density at radius 3 is 2.20 bits per heavy atom. The molecule has 186 valence electrons. The highest BCUT2D eigenvalue weighted by Crippen LogP contribution is 2.44. The minimum absolute atomic E-state index is 0.0304. The van der Waals surface area contributed by atoms with Crippen molar-refractivity contribution in [2.75, 3.05) is 33.3 Å². The van der Waals surface area contributed by atoms with E-state index < -0.39 is 36.2 Å². The molecule has 1 atom stereocenters. The third kappa shape index (κ3) is 5.63. The van der Waals surface area contributed by atoms with Gasteiger partial charge in [-0.05, 0) is 42.1 Å². The van der Waals surface area contributed by atoms with Gasteiger partial charge in [0.15, 0.2) is 6.10 Å². The van der Waals surface area contributed by atoms with Crippen molar-refractivity contribution in [3.05, 3.63) is 59.7 Å². The van der Waals surface area contributed by atoms with Gasteiger partial charge in [0.05, 0.1) is 12.1 Å². The molecule has 9 nitrogen and oxygen atoms in total. The number of nitrogens with one attached hydrogen (secondary N) is 2. The van der Waals surface area contributed by atoms with Gasteiger partial charge in [0.2, 0.25) is 5.91 Å². The van der Waals surface area contributed by atoms with Gasteiger partial charge in [0, 0.05) is 25.4 Å². The number of carbonyl (C=O) groups excluding carboxylic acids is 2. The summed E-state index contributed by atoms with van der Waals surface area (Å²) in [5.74, 6) is -1.91. The Kier molecular flexibility index (Phi) is 7.37. The summed E-state index contributed by atoms with van der Waals surface area (Å²) in [5, 5.41) is 23.6. The lowest BCUT2D eigenvalue weighted by Gasteiger charge is -2.40. The molecule has 2 amide bonds. The highest BCUT2D eigenvalue weighted by Gasteiger charge is 2.38. The van der Waals surface area contributed by atoms with Crippen molar-refractivity contribution in [3.63, 3.8) is 0 Å². The van der Waals surface area contributed by atoms with E-state index in [0.717, 1.165) is 22.3 Å². The van der Waals surface area contributed by atoms with E-state index in [-0.39, 0.29) is 18.9 Å². The summed E-state index contributed by atoms with van der Waals surface area (Å²) < 4.78 is 5.69. The zero-order valence-corrected chi connectivity index (χ0v) is 19.7. The zero-order chi connectivity index (χ0) is 25.0. The number of amides is 2. The van der Waals surface area contributed by atoms with Gasteiger partial charge in [-0.25, -0.2) is 9.59 Å². The van der Waals surface area contributed by atoms with Crippen molar-refractivity contribution in [2.45, 2.75) is 36.8 Å². The smallest absolute Gasteiger partial charge is 0.407 e. The summed E-state index contributed by atoms with van der Waals surface area (Å²) in [6.07, 6.45) is -1.21. The molecule has 4 N–H and O–H groups in total. The fourth-order valence-corrected chi connectivity index (χ4v) is 4.91. The molecule has 1 aliphatic heterocycles. The lowest BCUT2D eigenvalue weighted by molar-refractivity contribution is -0.146. The van der Waals surface area contributed by atoms with Crippen LogP contribution < -0.4 is 10.6 Å². The van der Waals surface area contributed by atoms with E-state index in [1.165, 1.54) is 0 Å². The van der Waals surface area contributed by atoms with E-state index in [4.69, 9.17) is 9.84 Å². The lowest BCUT2D eigenvalue weighted by atomic mass is 9.84. The number of likely N-dealkylation sites (tertiary alicyclic amines) is 1. The second kappa shape index (κ2) is 10.5. The molecule has 1 saturated heterocycles. The standard InChI is InChI=1S/C26H31N3O6/c1-29-12-10-26(11-13-29,14-23(31)27-15-22(30)24(32)33)28-25(34)35-16-21-19-8-4-2-6-17(19)18-7-3-5-9-20(18)21/h2-9,21-22,30H,10-16H2,1H3,(H,27,31)(H,28,34)(H,32,33). The second-order valence-electron chi connectivity index (χ2n) is 9.37. The Morgan fingerprint density at radius 1 is 1.06 bits per heavy atom. The van der Waals surface area contributed by atoms with Crippen LogP contribution in [0, 0.1) is 0 Å². The maximum atomic E-state index is 12.9. The van der Waals surface area contributed by atoms with E-state index in [1.807, 2.05) is 31.3 Å². The first kappa shape index (κ1) is 24.7. The highest BCUT2D eigenvalue weighted by molar-refractivity contribution is 5.81. The Hall–Kier alpha value is -3.43. The molecule has 1 aliphatic carbocycles. The second-order valence-corrected chi connectivity index (χ2v) is 9.37. The predicted molar refractivity (Wildman–Crippen MR) is 129 cm³/mol. The molecule has 0 spiro atoms. The number of carboxylic acid groups (broad SMARTS) is 1. The topological polar surface area (TPSA) is 128 Å². The number of hydrogen-bond acceptors (Lipinski definition) is 6. The number of fused-ring (bicyclic) bond motifs is 3. The summed E-state index contributed by atoms with van der Waals surface area (Å²) in [6.45, 7) is 1.16. The van der Waals surface area contributed by atoms with Gasteiger partial charge in [-0.1, -0.05) is 48.5 Å². The van der Waals surface area contributed by atoms with Crippen molar-refractivity contribution in [3.8, 4) is 11.1 Å². The van der Waals surface area contributed by atoms with Crippen LogP contribution in [0.15, 0.2) is 48.5 Å². The average molecular weight is 482 g/mol. The van der Waals surface area contributed by atoms with Crippen LogP contribution in [0.25, 0.3) is 11.1 Å². The zero-order valence-electron chi connectivity index (χ0n) is 19.7. The molecule has 4 rings (SSSR count). The molecule has 2 aromatic carbocycles. The number of carbonyl (C=O) groups is 3. The van der Waals surface area contributed by atoms with Gasteiger partial charge in [-0.2, -0.15) is 0 Å². The average Bonchev–Trinajstić information content (AvgIpc) is 3.17. The highest BCUT2D eigenvalue weighted by atomic mass is 16.5. The summed E-state index contributed by atoms with van der Waals surface area (Å²) in [6, 6.07) is 16.2. The minimum atomic E-state index is -1.68. The third-order valence-electron chi connectivity index (χ3n) is 6.93. The molecule has 9 heteroatoms. The molecular weight excluding hydrogens is 450 g/mol. The van der Waals surface area contributed by atoms with Crippen LogP contribution in [0.2, 0.25) is 0 Å². The molecule has 35 heavy (non-hydrogen) atoms. The molecule has 2 aliphatic rings. The van der Waals surface area contributed by atoms with Crippen LogP contribution >= 0.6 is 0 Å². The van der Waals surface area contributed by atoms with E-state index in [2.05, 4.69) is 39.8 Å². The number of hydrogen-bond donors (Lipinski definition) is 4. The van der Waals surface area contributed by atoms with E-state index in [0.29, 0.717) is 25.9 Å². The van der Waals surface area contributed by atoms with Crippen LogP contribution in [0.4, 0.5) is 4.79 Å². The van der Waals surface area contributed by atoms with Crippen molar-refractivity contribution in [1.82, 2.24) is 15.5 Å². The van der Waals surface area contributed by atoms with Crippen molar-refractivity contribution >= 4 is 18.0 Å². The number of rotatable bonds is 8. The van der Waals surface area contributed by atoms with E-state index in [1.54, 1.807) is 0 Å². The van der Waals surface area contributed by atoms with Crippen molar-refractivity contribution < 1.29 is 29.3 Å². The van der Waals surface area contributed by atoms with E-state index in [9.17, 15) is 19.5 Å². The van der Waals surface area contributed by atoms with Crippen LogP contribution in [0.1, 0.15) is 36.3 Å². The number of carboxylic acids is 1. The summed E-state index contributed by atoms with van der Waals surface area (Å²) in [4.78, 5) is 38.4. The molecule has 0 bridgehead atoms. The number of alkyl carbamates (subject to hydrolysis) is 1. The fraction of sp³-hybridized carbons (Fsp3) is 0.423. The molecule has 1 heterocycles. The van der Waals surface area contributed by atoms with Crippen LogP contribution in [-0.2, 0) is 14.3 Å². The van der Waals surface area contributed by atoms with Crippen molar-refractivity contribution in [1.29, 1.82) is 0 Å². The number of benzene rings is 2. The largest absolute Gasteiger partial charge is 0.479 e. The maximum Gasteiger partial charge on any atom is 0.407 e. The number of aliphatic carboxylic acids is 1. The first-order valence-corrected chi connectivity index (χ1v) is 11.8. The molecular formula is C26H31N3O6. The van der Waals surface area contributed by atoms with Gasteiger partial charge in [0.1, 0.15) is 6.61 Å². The van der Waals surface area contributed by atoms with Gasteiger partial charge in [-0.15, -0.1) is 0 Å². The van der Waals surface area contributed by atoms with Gasteiger partial charge in [-0.3, -0.25) is 4.79 Å². The predicted octanol–water partition coefficient (Wildman–Crippen LogP) is 1.94. The number of ether oxygens (including phenoxy) is 1. The molecule has 0 radical (unpaired) electrons. The first-order chi connectivity index (χ1) is 16.8. The van der Waals surface area contributed by atoms with Gasteiger partial charge < -0.3 is 30.5 Å². The van der Waals surface area contributed by atoms with Gasteiger partial charge >= 0.3 is 12.1 Å². The number of aliphatic hydroxyl groups excluding tert-OH is 1.